The van der Waals surface area contributed by atoms with E-state index in [-0.39, 0.29) is 36.3 Å². The number of hydrogen-bond donors (Lipinski definition) is 1. The lowest BCUT2D eigenvalue weighted by Crippen LogP contribution is -2.40. The predicted molar refractivity (Wildman–Crippen MR) is 209 cm³/mol. The van der Waals surface area contributed by atoms with Crippen molar-refractivity contribution in [2.45, 2.75) is 36.3 Å². The van der Waals surface area contributed by atoms with Gasteiger partial charge >= 0.3 is 0 Å². The van der Waals surface area contributed by atoms with Gasteiger partial charge in [-0.25, -0.2) is 4.58 Å². The summed E-state index contributed by atoms with van der Waals surface area (Å²) in [5.41, 5.74) is 6.61. The molecule has 1 N–H and O–H groups in total. The first kappa shape index (κ1) is 29.6. The fraction of sp³-hybridized carbons (Fsp3) is 0.133. The number of fused-ring (bicyclic) bond motifs is 3. The average Bonchev–Trinajstić information content (AvgIpc) is 3.91. The van der Waals surface area contributed by atoms with Gasteiger partial charge in [-0.05, 0) is 66.7 Å². The fourth-order valence-corrected chi connectivity index (χ4v) is 8.25. The smallest absolute Gasteiger partial charge is 0.283 e. The molecule has 0 amide bonds. The van der Waals surface area contributed by atoms with Crippen molar-refractivity contribution in [3.05, 3.63) is 199 Å². The number of benzene rings is 4. The zero-order valence-electron chi connectivity index (χ0n) is 28.0. The van der Waals surface area contributed by atoms with Crippen LogP contribution >= 0.6 is 0 Å². The van der Waals surface area contributed by atoms with Crippen LogP contribution in [0.25, 0.3) is 0 Å². The summed E-state index contributed by atoms with van der Waals surface area (Å²) in [5, 5.41) is 3.93. The second-order valence-electron chi connectivity index (χ2n) is 13.6. The Morgan fingerprint density at radius 2 is 0.961 bits per heavy atom. The molecule has 4 aromatic rings. The summed E-state index contributed by atoms with van der Waals surface area (Å²) >= 11 is 0. The number of anilines is 2. The van der Waals surface area contributed by atoms with Gasteiger partial charge in [-0.3, -0.25) is 15.3 Å². The third-order valence-corrected chi connectivity index (χ3v) is 10.5. The summed E-state index contributed by atoms with van der Waals surface area (Å²) in [5.74, 6) is 2.99. The van der Waals surface area contributed by atoms with Crippen molar-refractivity contribution in [1.29, 1.82) is 0 Å². The largest absolute Gasteiger partial charge is 0.317 e. The molecule has 6 atom stereocenters. The van der Waals surface area contributed by atoms with E-state index in [2.05, 4.69) is 202 Å². The highest BCUT2D eigenvalue weighted by molar-refractivity contribution is 6.18. The van der Waals surface area contributed by atoms with E-state index in [1.807, 2.05) is 0 Å². The zero-order valence-corrected chi connectivity index (χ0v) is 28.0. The van der Waals surface area contributed by atoms with Crippen LogP contribution in [0, 0.1) is 0 Å². The predicted octanol–water partition coefficient (Wildman–Crippen LogP) is 7.50. The van der Waals surface area contributed by atoms with Crippen molar-refractivity contribution in [1.82, 2.24) is 5.32 Å². The lowest BCUT2D eigenvalue weighted by Gasteiger charge is -2.30. The van der Waals surface area contributed by atoms with E-state index in [1.165, 1.54) is 0 Å². The first-order chi connectivity index (χ1) is 25.3. The summed E-state index contributed by atoms with van der Waals surface area (Å²) < 4.78 is 2.45. The van der Waals surface area contributed by atoms with E-state index in [0.29, 0.717) is 0 Å². The second-order valence-corrected chi connectivity index (χ2v) is 13.6. The van der Waals surface area contributed by atoms with Crippen LogP contribution in [0.15, 0.2) is 192 Å². The van der Waals surface area contributed by atoms with E-state index >= 15 is 0 Å². The van der Waals surface area contributed by atoms with Crippen molar-refractivity contribution in [3.63, 3.8) is 0 Å². The van der Waals surface area contributed by atoms with Crippen molar-refractivity contribution in [3.8, 4) is 0 Å². The second kappa shape index (κ2) is 12.3. The molecular weight excluding hydrogens is 625 g/mol. The maximum atomic E-state index is 5.44. The number of amidine groups is 3. The van der Waals surface area contributed by atoms with Crippen LogP contribution in [0.4, 0.5) is 17.1 Å². The van der Waals surface area contributed by atoms with Gasteiger partial charge in [-0.2, -0.15) is 0 Å². The van der Waals surface area contributed by atoms with Crippen LogP contribution in [0.3, 0.4) is 0 Å². The number of nitrogens with one attached hydrogen (secondary N) is 1. The normalized spacial score (nSPS) is 26.6. The highest BCUT2D eigenvalue weighted by atomic mass is 15.3. The van der Waals surface area contributed by atoms with E-state index in [4.69, 9.17) is 9.98 Å². The van der Waals surface area contributed by atoms with Gasteiger partial charge in [-0.15, -0.1) is 0 Å². The lowest BCUT2D eigenvalue weighted by atomic mass is 9.99. The molecule has 0 bridgehead atoms. The molecule has 0 spiro atoms. The van der Waals surface area contributed by atoms with Gasteiger partial charge in [0.1, 0.15) is 17.4 Å². The number of hydrogen-bond acceptors (Lipinski definition) is 5. The topological polar surface area (TPSA) is 46.2 Å². The van der Waals surface area contributed by atoms with Crippen LogP contribution in [-0.2, 0) is 0 Å². The molecule has 6 nitrogen and oxygen atoms in total. The van der Waals surface area contributed by atoms with Crippen LogP contribution in [0.2, 0.25) is 0 Å². The van der Waals surface area contributed by atoms with Gasteiger partial charge in [0.2, 0.25) is 0 Å². The van der Waals surface area contributed by atoms with Gasteiger partial charge in [0.25, 0.3) is 5.84 Å². The Morgan fingerprint density at radius 1 is 0.490 bits per heavy atom. The molecule has 0 saturated heterocycles. The monoisotopic (exact) mass is 661 g/mol. The maximum Gasteiger partial charge on any atom is 0.283 e. The zero-order chi connectivity index (χ0) is 33.7. The molecule has 3 aliphatic carbocycles. The van der Waals surface area contributed by atoms with E-state index in [9.17, 15) is 0 Å². The molecule has 3 aliphatic heterocycles. The molecule has 10 rings (SSSR count). The highest BCUT2D eigenvalue weighted by Crippen LogP contribution is 2.36. The molecule has 0 aromatic heterocycles. The Balaban J connectivity index is 1.20. The molecular formula is C45H37N6+. The molecule has 0 fully saturated rings. The Hall–Kier alpha value is -6.27. The minimum absolute atomic E-state index is 0.0244. The van der Waals surface area contributed by atoms with Crippen molar-refractivity contribution < 1.29 is 4.58 Å². The molecule has 246 valence electrons. The summed E-state index contributed by atoms with van der Waals surface area (Å²) in [6.45, 7) is 0. The number of aliphatic imine (C=N–C) groups is 2. The lowest BCUT2D eigenvalue weighted by molar-refractivity contribution is -0.462. The first-order valence-electron chi connectivity index (χ1n) is 17.8. The van der Waals surface area contributed by atoms with Crippen molar-refractivity contribution in [2.24, 2.45) is 9.98 Å². The third kappa shape index (κ3) is 5.06. The molecule has 4 aromatic carbocycles. The Labute approximate surface area is 298 Å². The van der Waals surface area contributed by atoms with Crippen LogP contribution in [-0.4, -0.2) is 58.3 Å². The SMILES string of the molecule is C1=CC2N=C(c3cc(C4=NC5C=CC=CC5N4c4ccccc4)cc(C4=[N+](c5ccccc5)C5C=CC=CC5N4)c3)N(c3ccccc3)C2C=C1. The first-order valence-corrected chi connectivity index (χ1v) is 17.8. The number of para-hydroxylation sites is 3. The molecule has 6 heteroatoms. The fourth-order valence-electron chi connectivity index (χ4n) is 8.25. The van der Waals surface area contributed by atoms with Gasteiger partial charge in [0.05, 0.1) is 29.7 Å². The van der Waals surface area contributed by atoms with Crippen LogP contribution in [0.1, 0.15) is 16.7 Å². The minimum Gasteiger partial charge on any atom is -0.317 e. The highest BCUT2D eigenvalue weighted by Gasteiger charge is 2.43. The van der Waals surface area contributed by atoms with Crippen molar-refractivity contribution in [2.75, 3.05) is 9.80 Å². The molecule has 3 heterocycles. The average molecular weight is 662 g/mol. The minimum atomic E-state index is 0.0244. The number of allylic oxidation sites excluding steroid dienone is 6. The summed E-state index contributed by atoms with van der Waals surface area (Å²) in [6.07, 6.45) is 26.4. The van der Waals surface area contributed by atoms with E-state index in [0.717, 1.165) is 51.3 Å². The number of rotatable bonds is 6. The van der Waals surface area contributed by atoms with Gasteiger partial charge in [0.15, 0.2) is 12.1 Å². The Kier molecular flexibility index (Phi) is 7.12. The Morgan fingerprint density at radius 3 is 1.53 bits per heavy atom. The summed E-state index contributed by atoms with van der Waals surface area (Å²) in [4.78, 5) is 15.7. The van der Waals surface area contributed by atoms with Gasteiger partial charge < -0.3 is 9.80 Å². The molecule has 0 saturated carbocycles. The van der Waals surface area contributed by atoms with Crippen LogP contribution < -0.4 is 15.1 Å². The van der Waals surface area contributed by atoms with E-state index < -0.39 is 0 Å². The van der Waals surface area contributed by atoms with Gasteiger partial charge in [0, 0.05) is 22.5 Å². The molecule has 6 aliphatic rings. The Bertz CT molecular complexity index is 2160. The van der Waals surface area contributed by atoms with Crippen molar-refractivity contribution >= 4 is 34.6 Å². The molecule has 51 heavy (non-hydrogen) atoms. The molecule has 6 unspecified atom stereocenters. The quantitative estimate of drug-likeness (QED) is 0.218. The standard InChI is InChI=1S/C45H36N6/c1-4-16-34(17-5-1)49-40-25-13-10-22-37(40)46-43(49)31-28-32(44-47-38-23-11-14-26-41(38)50(44)35-18-6-2-7-19-35)30-33(29-31)45-48-39-24-12-15-27-42(39)51(45)36-20-8-3-9-21-36/h1-30,37-42H/p+1. The molecule has 0 radical (unpaired) electrons. The van der Waals surface area contributed by atoms with Gasteiger partial charge in [-0.1, -0.05) is 115 Å². The summed E-state index contributed by atoms with van der Waals surface area (Å²) in [6, 6.07) is 39.5. The third-order valence-electron chi connectivity index (χ3n) is 10.5. The van der Waals surface area contributed by atoms with E-state index in [1.54, 1.807) is 0 Å². The maximum absolute atomic E-state index is 5.44. The number of nitrogens with zero attached hydrogens (tertiary/aromatic N) is 5. The van der Waals surface area contributed by atoms with Crippen LogP contribution in [0.5, 0.6) is 0 Å². The summed E-state index contributed by atoms with van der Waals surface area (Å²) in [7, 11) is 0.